The van der Waals surface area contributed by atoms with E-state index in [0.29, 0.717) is 11.1 Å². The lowest BCUT2D eigenvalue weighted by molar-refractivity contribution is -0.173. The number of halogens is 5. The number of benzene rings is 2. The van der Waals surface area contributed by atoms with E-state index in [2.05, 4.69) is 15.7 Å². The third-order valence-electron chi connectivity index (χ3n) is 5.08. The number of nitrogens with one attached hydrogen (secondary N) is 2. The minimum atomic E-state index is -4.58. The van der Waals surface area contributed by atoms with E-state index in [1.165, 1.54) is 24.3 Å². The number of nitrogens with zero attached hydrogens (tertiary/aromatic N) is 2. The number of hydrogen-bond donors (Lipinski definition) is 2. The molecule has 4 rings (SSSR count). The van der Waals surface area contributed by atoms with Gasteiger partial charge in [0.2, 0.25) is 0 Å². The van der Waals surface area contributed by atoms with E-state index in [1.54, 1.807) is 30.3 Å². The molecular weight excluding hydrogens is 436 g/mol. The van der Waals surface area contributed by atoms with Gasteiger partial charge in [-0.3, -0.25) is 4.79 Å². The summed E-state index contributed by atoms with van der Waals surface area (Å²) in [5.74, 6) is -1.21. The molecule has 1 aliphatic heterocycles. The van der Waals surface area contributed by atoms with Crippen molar-refractivity contribution >= 4 is 23.3 Å². The first kappa shape index (κ1) is 21.2. The molecule has 10 heteroatoms. The summed E-state index contributed by atoms with van der Waals surface area (Å²) < 4.78 is 55.1. The summed E-state index contributed by atoms with van der Waals surface area (Å²) in [4.78, 5) is 12.6. The van der Waals surface area contributed by atoms with E-state index in [-0.39, 0.29) is 29.5 Å². The molecule has 0 saturated heterocycles. The predicted molar refractivity (Wildman–Crippen MR) is 107 cm³/mol. The van der Waals surface area contributed by atoms with Crippen molar-refractivity contribution in [2.24, 2.45) is 0 Å². The maximum absolute atomic E-state index is 13.8. The Kier molecular flexibility index (Phi) is 5.62. The summed E-state index contributed by atoms with van der Waals surface area (Å²) >= 11 is 6.28. The maximum atomic E-state index is 13.8. The van der Waals surface area contributed by atoms with Gasteiger partial charge in [-0.05, 0) is 23.3 Å². The Morgan fingerprint density at radius 1 is 1.16 bits per heavy atom. The van der Waals surface area contributed by atoms with Crippen LogP contribution in [0.25, 0.3) is 0 Å². The van der Waals surface area contributed by atoms with Crippen LogP contribution in [-0.4, -0.2) is 21.9 Å². The van der Waals surface area contributed by atoms with Crippen LogP contribution >= 0.6 is 11.6 Å². The molecule has 2 heterocycles. The van der Waals surface area contributed by atoms with E-state index in [1.807, 2.05) is 0 Å². The first-order valence-corrected chi connectivity index (χ1v) is 9.80. The molecule has 31 heavy (non-hydrogen) atoms. The summed E-state index contributed by atoms with van der Waals surface area (Å²) in [6, 6.07) is 11.6. The van der Waals surface area contributed by atoms with Gasteiger partial charge in [0.15, 0.2) is 11.7 Å². The average molecular weight is 453 g/mol. The lowest BCUT2D eigenvalue weighted by atomic mass is 9.97. The van der Waals surface area contributed by atoms with Gasteiger partial charge in [0.25, 0.3) is 5.91 Å². The summed E-state index contributed by atoms with van der Waals surface area (Å²) in [7, 11) is 0. The summed E-state index contributed by atoms with van der Waals surface area (Å²) in [5.41, 5.74) is 0.974. The van der Waals surface area contributed by atoms with Gasteiger partial charge in [-0.2, -0.15) is 18.3 Å². The van der Waals surface area contributed by atoms with Gasteiger partial charge in [0.05, 0.1) is 6.04 Å². The molecule has 162 valence electrons. The smallest absolute Gasteiger partial charge is 0.362 e. The van der Waals surface area contributed by atoms with E-state index in [4.69, 9.17) is 11.6 Å². The van der Waals surface area contributed by atoms with Crippen molar-refractivity contribution in [2.45, 2.75) is 31.2 Å². The highest BCUT2D eigenvalue weighted by atomic mass is 35.5. The van der Waals surface area contributed by atoms with E-state index < -0.39 is 30.0 Å². The van der Waals surface area contributed by atoms with Crippen LogP contribution in [-0.2, 0) is 6.54 Å². The van der Waals surface area contributed by atoms with Gasteiger partial charge in [0.1, 0.15) is 16.7 Å². The Hall–Kier alpha value is -3.07. The summed E-state index contributed by atoms with van der Waals surface area (Å²) in [6.45, 7) is 0.0421. The van der Waals surface area contributed by atoms with Crippen LogP contribution in [0.1, 0.15) is 40.1 Å². The van der Waals surface area contributed by atoms with Crippen molar-refractivity contribution in [3.8, 4) is 0 Å². The second kappa shape index (κ2) is 8.22. The predicted octanol–water partition coefficient (Wildman–Crippen LogP) is 5.27. The zero-order chi connectivity index (χ0) is 22.2. The number of rotatable bonds is 4. The fraction of sp³-hybridized carbons (Fsp3) is 0.238. The number of anilines is 1. The molecule has 1 amide bonds. The zero-order valence-corrected chi connectivity index (χ0v) is 16.7. The lowest BCUT2D eigenvalue weighted by Crippen LogP contribution is -2.35. The van der Waals surface area contributed by atoms with Crippen LogP contribution in [0.15, 0.2) is 54.6 Å². The maximum Gasteiger partial charge on any atom is 0.410 e. The minimum absolute atomic E-state index is 0.0421. The second-order valence-electron chi connectivity index (χ2n) is 7.17. The van der Waals surface area contributed by atoms with Crippen LogP contribution in [0.4, 0.5) is 23.4 Å². The molecule has 5 nitrogen and oxygen atoms in total. The number of alkyl halides is 3. The van der Waals surface area contributed by atoms with E-state index >= 15 is 0 Å². The fourth-order valence-corrected chi connectivity index (χ4v) is 3.77. The molecule has 2 unspecified atom stereocenters. The second-order valence-corrected chi connectivity index (χ2v) is 7.54. The van der Waals surface area contributed by atoms with Crippen molar-refractivity contribution in [2.75, 3.05) is 5.32 Å². The SMILES string of the molecule is O=C(NCc1ccc(F)cc1)c1nn2c(c1Cl)NC(c1ccccc1)CC2C(F)(F)F. The molecule has 1 aromatic heterocycles. The summed E-state index contributed by atoms with van der Waals surface area (Å²) in [6.07, 6.45) is -4.88. The molecule has 2 N–H and O–H groups in total. The number of amides is 1. The molecule has 0 radical (unpaired) electrons. The Labute approximate surface area is 180 Å². The van der Waals surface area contributed by atoms with Crippen molar-refractivity contribution in [3.63, 3.8) is 0 Å². The molecule has 2 aromatic carbocycles. The topological polar surface area (TPSA) is 59.0 Å². The third-order valence-corrected chi connectivity index (χ3v) is 5.44. The normalized spacial score (nSPS) is 18.2. The zero-order valence-electron chi connectivity index (χ0n) is 16.0. The highest BCUT2D eigenvalue weighted by molar-refractivity contribution is 6.36. The van der Waals surface area contributed by atoms with Gasteiger partial charge in [0, 0.05) is 13.0 Å². The highest BCUT2D eigenvalue weighted by Crippen LogP contribution is 2.46. The van der Waals surface area contributed by atoms with Crippen molar-refractivity contribution in [1.82, 2.24) is 15.1 Å². The molecule has 0 bridgehead atoms. The van der Waals surface area contributed by atoms with Crippen LogP contribution in [0.3, 0.4) is 0 Å². The first-order chi connectivity index (χ1) is 14.7. The number of carbonyl (C=O) groups is 1. The van der Waals surface area contributed by atoms with Crippen LogP contribution in [0.5, 0.6) is 0 Å². The Morgan fingerprint density at radius 2 is 1.84 bits per heavy atom. The third kappa shape index (κ3) is 4.36. The first-order valence-electron chi connectivity index (χ1n) is 9.43. The van der Waals surface area contributed by atoms with Gasteiger partial charge in [-0.25, -0.2) is 9.07 Å². The lowest BCUT2D eigenvalue weighted by Gasteiger charge is -2.33. The Morgan fingerprint density at radius 3 is 2.48 bits per heavy atom. The molecule has 0 aliphatic carbocycles. The molecule has 3 aromatic rings. The van der Waals surface area contributed by atoms with E-state index in [9.17, 15) is 22.4 Å². The van der Waals surface area contributed by atoms with Crippen LogP contribution < -0.4 is 10.6 Å². The van der Waals surface area contributed by atoms with Crippen molar-refractivity contribution in [1.29, 1.82) is 0 Å². The number of fused-ring (bicyclic) bond motifs is 1. The molecular formula is C21H17ClF4N4O. The van der Waals surface area contributed by atoms with Crippen molar-refractivity contribution in [3.05, 3.63) is 82.3 Å². The Bertz CT molecular complexity index is 1080. The van der Waals surface area contributed by atoms with Gasteiger partial charge in [-0.1, -0.05) is 54.1 Å². The largest absolute Gasteiger partial charge is 0.410 e. The van der Waals surface area contributed by atoms with E-state index in [0.717, 1.165) is 4.68 Å². The van der Waals surface area contributed by atoms with Crippen molar-refractivity contribution < 1.29 is 22.4 Å². The van der Waals surface area contributed by atoms with Gasteiger partial charge < -0.3 is 10.6 Å². The molecule has 1 aliphatic rings. The summed E-state index contributed by atoms with van der Waals surface area (Å²) in [5, 5.41) is 9.23. The van der Waals surface area contributed by atoms with Crippen LogP contribution in [0.2, 0.25) is 5.02 Å². The molecule has 2 atom stereocenters. The minimum Gasteiger partial charge on any atom is -0.362 e. The standard InChI is InChI=1S/C21H17ClF4N4O/c22-17-18(20(31)27-11-12-6-8-14(23)9-7-12)29-30-16(21(24,25)26)10-15(28-19(17)30)13-4-2-1-3-5-13/h1-9,15-16,28H,10-11H2,(H,27,31). The van der Waals surface area contributed by atoms with Crippen LogP contribution in [0, 0.1) is 5.82 Å². The molecule has 0 saturated carbocycles. The molecule has 0 fully saturated rings. The number of hydrogen-bond acceptors (Lipinski definition) is 3. The van der Waals surface area contributed by atoms with Gasteiger partial charge in [-0.15, -0.1) is 0 Å². The fourth-order valence-electron chi connectivity index (χ4n) is 3.51. The monoisotopic (exact) mass is 452 g/mol. The number of carbonyl (C=O) groups excluding carboxylic acids is 1. The highest BCUT2D eigenvalue weighted by Gasteiger charge is 2.47. The number of aromatic nitrogens is 2. The molecule has 0 spiro atoms. The Balaban J connectivity index is 1.62. The van der Waals surface area contributed by atoms with Gasteiger partial charge >= 0.3 is 6.18 Å². The average Bonchev–Trinajstić information content (AvgIpc) is 3.09. The quantitative estimate of drug-likeness (QED) is 0.530.